The predicted molar refractivity (Wildman–Crippen MR) is 58.2 cm³/mol. The number of hydrogen-bond acceptors (Lipinski definition) is 4. The number of furan rings is 2. The van der Waals surface area contributed by atoms with Crippen LogP contribution in [-0.4, -0.2) is 10.2 Å². The Balaban J connectivity index is 2.08. The molecule has 2 heterocycles. The van der Waals surface area contributed by atoms with E-state index in [-0.39, 0.29) is 13.2 Å². The Hall–Kier alpha value is -1.78. The number of aliphatic hydroxyl groups excluding tert-OH is 2. The molecule has 0 saturated heterocycles. The van der Waals surface area contributed by atoms with Crippen molar-refractivity contribution in [1.29, 1.82) is 0 Å². The molecule has 4 nitrogen and oxygen atoms in total. The maximum atomic E-state index is 8.81. The molecule has 0 aromatic carbocycles. The van der Waals surface area contributed by atoms with Crippen molar-refractivity contribution in [3.8, 4) is 0 Å². The van der Waals surface area contributed by atoms with Crippen molar-refractivity contribution < 1.29 is 19.0 Å². The van der Waals surface area contributed by atoms with Gasteiger partial charge in [-0.1, -0.05) is 0 Å². The zero-order chi connectivity index (χ0) is 11.4. The predicted octanol–water partition coefficient (Wildman–Crippen LogP) is 2.03. The Morgan fingerprint density at radius 1 is 0.812 bits per heavy atom. The molecule has 2 aromatic heterocycles. The first kappa shape index (κ1) is 10.7. The van der Waals surface area contributed by atoms with Crippen LogP contribution in [0.3, 0.4) is 0 Å². The zero-order valence-electron chi connectivity index (χ0n) is 8.59. The van der Waals surface area contributed by atoms with Crippen molar-refractivity contribution in [3.05, 3.63) is 47.3 Å². The molecule has 0 saturated carbocycles. The highest BCUT2D eigenvalue weighted by Gasteiger charge is 1.99. The molecule has 2 aromatic rings. The zero-order valence-corrected chi connectivity index (χ0v) is 8.59. The Morgan fingerprint density at radius 2 is 1.25 bits per heavy atom. The Bertz CT molecular complexity index is 434. The fraction of sp³-hybridized carbons (Fsp3) is 0.167. The third kappa shape index (κ3) is 2.42. The van der Waals surface area contributed by atoms with E-state index in [0.29, 0.717) is 23.0 Å². The molecule has 2 rings (SSSR count). The standard InChI is InChI=1S/C12H12O4/c13-7-11-5-3-9(15-11)1-2-10-4-6-12(8-14)16-10/h1-6,13-14H,7-8H2/b2-1+. The molecule has 0 amide bonds. The van der Waals surface area contributed by atoms with Gasteiger partial charge in [-0.2, -0.15) is 0 Å². The van der Waals surface area contributed by atoms with Crippen LogP contribution in [0.2, 0.25) is 0 Å². The fourth-order valence-electron chi connectivity index (χ4n) is 1.30. The summed E-state index contributed by atoms with van der Waals surface area (Å²) in [5, 5.41) is 17.6. The highest BCUT2D eigenvalue weighted by Crippen LogP contribution is 2.14. The molecule has 0 aliphatic heterocycles. The van der Waals surface area contributed by atoms with Gasteiger partial charge in [0, 0.05) is 0 Å². The Labute approximate surface area is 92.4 Å². The number of rotatable bonds is 4. The summed E-state index contributed by atoms with van der Waals surface area (Å²) in [5.74, 6) is 2.34. The third-order valence-electron chi connectivity index (χ3n) is 2.09. The summed E-state index contributed by atoms with van der Waals surface area (Å²) in [6.07, 6.45) is 3.47. The van der Waals surface area contributed by atoms with Crippen LogP contribution in [0.25, 0.3) is 12.2 Å². The average molecular weight is 220 g/mol. The van der Waals surface area contributed by atoms with Crippen molar-refractivity contribution in [2.45, 2.75) is 13.2 Å². The van der Waals surface area contributed by atoms with Gasteiger partial charge in [0.05, 0.1) is 0 Å². The molecule has 84 valence electrons. The van der Waals surface area contributed by atoms with Gasteiger partial charge in [0.25, 0.3) is 0 Å². The van der Waals surface area contributed by atoms with Crippen molar-refractivity contribution in [3.63, 3.8) is 0 Å². The summed E-state index contributed by atoms with van der Waals surface area (Å²) >= 11 is 0. The fourth-order valence-corrected chi connectivity index (χ4v) is 1.30. The minimum Gasteiger partial charge on any atom is -0.459 e. The summed E-state index contributed by atoms with van der Waals surface area (Å²) < 4.78 is 10.5. The monoisotopic (exact) mass is 220 g/mol. The van der Waals surface area contributed by atoms with Crippen molar-refractivity contribution in [2.75, 3.05) is 0 Å². The highest BCUT2D eigenvalue weighted by atomic mass is 16.4. The molecule has 0 aliphatic carbocycles. The van der Waals surface area contributed by atoms with Crippen LogP contribution in [0, 0.1) is 0 Å². The van der Waals surface area contributed by atoms with Crippen molar-refractivity contribution >= 4 is 12.2 Å². The van der Waals surface area contributed by atoms with E-state index in [9.17, 15) is 0 Å². The second kappa shape index (κ2) is 4.83. The average Bonchev–Trinajstić information content (AvgIpc) is 2.95. The summed E-state index contributed by atoms with van der Waals surface area (Å²) in [4.78, 5) is 0. The van der Waals surface area contributed by atoms with Gasteiger partial charge in [-0.15, -0.1) is 0 Å². The molecule has 0 fully saturated rings. The van der Waals surface area contributed by atoms with Gasteiger partial charge in [0.2, 0.25) is 0 Å². The SMILES string of the molecule is OCc1ccc(/C=C/c2ccc(CO)o2)o1. The van der Waals surface area contributed by atoms with E-state index in [0.717, 1.165) is 0 Å². The molecule has 0 unspecified atom stereocenters. The van der Waals surface area contributed by atoms with Gasteiger partial charge >= 0.3 is 0 Å². The van der Waals surface area contributed by atoms with Gasteiger partial charge in [-0.05, 0) is 36.4 Å². The van der Waals surface area contributed by atoms with Crippen LogP contribution in [0.15, 0.2) is 33.1 Å². The van der Waals surface area contributed by atoms with Crippen LogP contribution < -0.4 is 0 Å². The van der Waals surface area contributed by atoms with Gasteiger partial charge in [0.1, 0.15) is 36.3 Å². The summed E-state index contributed by atoms with van der Waals surface area (Å²) in [6.45, 7) is -0.216. The number of aliphatic hydroxyl groups is 2. The Morgan fingerprint density at radius 3 is 1.56 bits per heavy atom. The number of hydrogen-bond donors (Lipinski definition) is 2. The second-order valence-electron chi connectivity index (χ2n) is 3.26. The molecule has 2 N–H and O–H groups in total. The molecule has 0 radical (unpaired) electrons. The molecule has 0 bridgehead atoms. The van der Waals surface area contributed by atoms with Crippen molar-refractivity contribution in [1.82, 2.24) is 0 Å². The summed E-state index contributed by atoms with van der Waals surface area (Å²) in [7, 11) is 0. The largest absolute Gasteiger partial charge is 0.459 e. The molecular formula is C12H12O4. The lowest BCUT2D eigenvalue weighted by molar-refractivity contribution is 0.246. The van der Waals surface area contributed by atoms with Gasteiger partial charge in [0.15, 0.2) is 0 Å². The summed E-state index contributed by atoms with van der Waals surface area (Å²) in [6, 6.07) is 6.94. The quantitative estimate of drug-likeness (QED) is 0.827. The summed E-state index contributed by atoms with van der Waals surface area (Å²) in [5.41, 5.74) is 0. The van der Waals surface area contributed by atoms with Crippen LogP contribution in [0.1, 0.15) is 23.0 Å². The van der Waals surface area contributed by atoms with E-state index in [4.69, 9.17) is 19.0 Å². The van der Waals surface area contributed by atoms with E-state index in [1.807, 2.05) is 0 Å². The first-order valence-corrected chi connectivity index (χ1v) is 4.89. The molecule has 16 heavy (non-hydrogen) atoms. The van der Waals surface area contributed by atoms with Gasteiger partial charge < -0.3 is 19.0 Å². The minimum atomic E-state index is -0.108. The maximum Gasteiger partial charge on any atom is 0.130 e. The lowest BCUT2D eigenvalue weighted by atomic mass is 10.3. The molecule has 4 heteroatoms. The van der Waals surface area contributed by atoms with E-state index in [2.05, 4.69) is 0 Å². The molecule has 0 aliphatic rings. The van der Waals surface area contributed by atoms with Crippen LogP contribution in [0.4, 0.5) is 0 Å². The Kier molecular flexibility index (Phi) is 3.24. The van der Waals surface area contributed by atoms with Crippen molar-refractivity contribution in [2.24, 2.45) is 0 Å². The highest BCUT2D eigenvalue weighted by molar-refractivity contribution is 5.64. The lowest BCUT2D eigenvalue weighted by Crippen LogP contribution is -1.74. The van der Waals surface area contributed by atoms with Gasteiger partial charge in [-0.25, -0.2) is 0 Å². The lowest BCUT2D eigenvalue weighted by Gasteiger charge is -1.88. The van der Waals surface area contributed by atoms with Gasteiger partial charge in [-0.3, -0.25) is 0 Å². The smallest absolute Gasteiger partial charge is 0.130 e. The van der Waals surface area contributed by atoms with Crippen LogP contribution >= 0.6 is 0 Å². The van der Waals surface area contributed by atoms with E-state index in [1.165, 1.54) is 0 Å². The first-order valence-electron chi connectivity index (χ1n) is 4.89. The third-order valence-corrected chi connectivity index (χ3v) is 2.09. The molecule has 0 spiro atoms. The minimum absolute atomic E-state index is 0.108. The maximum absolute atomic E-state index is 8.81. The van der Waals surface area contributed by atoms with E-state index in [1.54, 1.807) is 36.4 Å². The van der Waals surface area contributed by atoms with E-state index >= 15 is 0 Å². The topological polar surface area (TPSA) is 66.7 Å². The van der Waals surface area contributed by atoms with Crippen LogP contribution in [-0.2, 0) is 13.2 Å². The molecular weight excluding hydrogens is 208 g/mol. The first-order chi connectivity index (χ1) is 7.81. The second-order valence-corrected chi connectivity index (χ2v) is 3.26. The normalized spacial score (nSPS) is 11.4. The van der Waals surface area contributed by atoms with E-state index < -0.39 is 0 Å². The van der Waals surface area contributed by atoms with Crippen LogP contribution in [0.5, 0.6) is 0 Å². The molecule has 0 atom stereocenters.